The Morgan fingerprint density at radius 2 is 2.18 bits per heavy atom. The van der Waals surface area contributed by atoms with Crippen LogP contribution in [0.2, 0.25) is 0 Å². The minimum Gasteiger partial charge on any atom is -0.371 e. The highest BCUT2D eigenvalue weighted by Crippen LogP contribution is 2.34. The van der Waals surface area contributed by atoms with Crippen molar-refractivity contribution < 1.29 is 9.59 Å². The Morgan fingerprint density at radius 1 is 1.36 bits per heavy atom. The summed E-state index contributed by atoms with van der Waals surface area (Å²) in [6, 6.07) is 1.96. The summed E-state index contributed by atoms with van der Waals surface area (Å²) in [5.41, 5.74) is 3.54. The maximum Gasteiger partial charge on any atom is 0.232 e. The highest BCUT2D eigenvalue weighted by molar-refractivity contribution is 6.03. The summed E-state index contributed by atoms with van der Waals surface area (Å²) in [7, 11) is 0. The minimum atomic E-state index is -0.657. The van der Waals surface area contributed by atoms with Gasteiger partial charge in [-0.3, -0.25) is 9.59 Å². The van der Waals surface area contributed by atoms with Crippen molar-refractivity contribution in [3.05, 3.63) is 70.2 Å². The van der Waals surface area contributed by atoms with E-state index >= 15 is 0 Å². The summed E-state index contributed by atoms with van der Waals surface area (Å²) in [4.78, 5) is 31.5. The standard InChI is InChI=1S/C27H34N4O2/c1-17(2)30-27(33)23-16-31(26-22(25(23)32)9-6-13-29-26)21-8-5-7-20(15-21)18(3)10-11-24-19(4)12-14-28-24/h6,8,10-15,17,22-23,26,28-29H,4-5,7,9,16H2,1-3H3,(H,30,33)/b18-10+,24-11+. The molecule has 0 spiro atoms. The van der Waals surface area contributed by atoms with Crippen LogP contribution in [0.15, 0.2) is 59.6 Å². The van der Waals surface area contributed by atoms with E-state index in [2.05, 4.69) is 58.3 Å². The van der Waals surface area contributed by atoms with Gasteiger partial charge in [0.15, 0.2) is 5.78 Å². The second kappa shape index (κ2) is 9.69. The third-order valence-electron chi connectivity index (χ3n) is 6.62. The summed E-state index contributed by atoms with van der Waals surface area (Å²) in [5.74, 6) is -1.03. The third-order valence-corrected chi connectivity index (χ3v) is 6.62. The average molecular weight is 447 g/mol. The van der Waals surface area contributed by atoms with E-state index in [0.29, 0.717) is 13.0 Å². The molecular weight excluding hydrogens is 412 g/mol. The first-order valence-electron chi connectivity index (χ1n) is 11.8. The number of rotatable bonds is 5. The maximum atomic E-state index is 13.2. The van der Waals surface area contributed by atoms with Gasteiger partial charge in [0.25, 0.3) is 0 Å². The zero-order chi connectivity index (χ0) is 23.5. The molecule has 33 heavy (non-hydrogen) atoms. The number of aromatic amines is 1. The number of ketones is 1. The van der Waals surface area contributed by atoms with Gasteiger partial charge >= 0.3 is 0 Å². The molecule has 3 atom stereocenters. The molecule has 2 aliphatic heterocycles. The van der Waals surface area contributed by atoms with Gasteiger partial charge in [-0.25, -0.2) is 0 Å². The minimum absolute atomic E-state index is 0.00351. The van der Waals surface area contributed by atoms with Crippen LogP contribution in [0.1, 0.15) is 40.0 Å². The van der Waals surface area contributed by atoms with Gasteiger partial charge in [-0.1, -0.05) is 24.8 Å². The Hall–Kier alpha value is -3.28. The second-order valence-corrected chi connectivity index (χ2v) is 9.40. The topological polar surface area (TPSA) is 77.2 Å². The van der Waals surface area contributed by atoms with Gasteiger partial charge in [0.05, 0.1) is 5.92 Å². The Morgan fingerprint density at radius 3 is 2.91 bits per heavy atom. The van der Waals surface area contributed by atoms with E-state index in [9.17, 15) is 9.59 Å². The molecule has 1 saturated heterocycles. The predicted molar refractivity (Wildman–Crippen MR) is 132 cm³/mol. The molecule has 3 unspecified atom stereocenters. The number of nitrogens with one attached hydrogen (secondary N) is 3. The number of amides is 1. The van der Waals surface area contributed by atoms with E-state index in [4.69, 9.17) is 0 Å². The monoisotopic (exact) mass is 446 g/mol. The van der Waals surface area contributed by atoms with Crippen LogP contribution >= 0.6 is 0 Å². The van der Waals surface area contributed by atoms with Crippen LogP contribution in [0, 0.1) is 11.8 Å². The Labute approximate surface area is 195 Å². The SMILES string of the molecule is C=c1cc[nH]/c1=C/C=C(\C)C1=CC(N2CC(C(=O)NC(C)C)C(=O)C3CC=CNC32)=CCC1. The van der Waals surface area contributed by atoms with Crippen LogP contribution in [0.4, 0.5) is 0 Å². The average Bonchev–Trinajstić information content (AvgIpc) is 3.22. The quantitative estimate of drug-likeness (QED) is 0.607. The number of hydrogen-bond acceptors (Lipinski definition) is 4. The fourth-order valence-corrected chi connectivity index (χ4v) is 4.81. The highest BCUT2D eigenvalue weighted by Gasteiger charge is 2.46. The van der Waals surface area contributed by atoms with Crippen LogP contribution in [0.25, 0.3) is 12.7 Å². The van der Waals surface area contributed by atoms with Crippen molar-refractivity contribution >= 4 is 24.3 Å². The molecule has 1 fully saturated rings. The second-order valence-electron chi connectivity index (χ2n) is 9.40. The molecule has 174 valence electrons. The molecule has 1 aromatic rings. The number of likely N-dealkylation sites (tertiary alicyclic amines) is 1. The molecule has 0 radical (unpaired) electrons. The first-order chi connectivity index (χ1) is 15.8. The van der Waals surface area contributed by atoms with Gasteiger partial charge in [-0.05, 0) is 80.8 Å². The molecular formula is C27H34N4O2. The largest absolute Gasteiger partial charge is 0.371 e. The smallest absolute Gasteiger partial charge is 0.232 e. The van der Waals surface area contributed by atoms with Gasteiger partial charge in [-0.2, -0.15) is 0 Å². The summed E-state index contributed by atoms with van der Waals surface area (Å²) in [5, 5.41) is 8.31. The normalized spacial score (nSPS) is 26.0. The lowest BCUT2D eigenvalue weighted by molar-refractivity contribution is -0.143. The Kier molecular flexibility index (Phi) is 6.72. The zero-order valence-corrected chi connectivity index (χ0v) is 19.7. The number of hydrogen-bond donors (Lipinski definition) is 3. The number of aromatic nitrogens is 1. The molecule has 3 aliphatic rings. The van der Waals surface area contributed by atoms with E-state index in [1.165, 1.54) is 11.1 Å². The fraction of sp³-hybridized carbons (Fsp3) is 0.407. The number of carbonyl (C=O) groups is 2. The van der Waals surface area contributed by atoms with Crippen molar-refractivity contribution in [2.45, 2.75) is 52.2 Å². The number of fused-ring (bicyclic) bond motifs is 1. The summed E-state index contributed by atoms with van der Waals surface area (Å²) < 4.78 is 0. The van der Waals surface area contributed by atoms with Gasteiger partial charge in [0.1, 0.15) is 12.1 Å². The van der Waals surface area contributed by atoms with E-state index in [-0.39, 0.29) is 29.8 Å². The molecule has 0 aromatic carbocycles. The molecule has 1 aliphatic carbocycles. The lowest BCUT2D eigenvalue weighted by Gasteiger charge is -2.46. The van der Waals surface area contributed by atoms with Crippen molar-refractivity contribution in [1.29, 1.82) is 0 Å². The summed E-state index contributed by atoms with van der Waals surface area (Å²) >= 11 is 0. The van der Waals surface area contributed by atoms with E-state index in [1.807, 2.05) is 38.4 Å². The zero-order valence-electron chi connectivity index (χ0n) is 19.7. The number of piperidine rings is 1. The Balaban J connectivity index is 1.62. The lowest BCUT2D eigenvalue weighted by atomic mass is 9.80. The fourth-order valence-electron chi connectivity index (χ4n) is 4.81. The van der Waals surface area contributed by atoms with E-state index in [0.717, 1.165) is 29.1 Å². The van der Waals surface area contributed by atoms with Crippen molar-refractivity contribution in [3.8, 4) is 0 Å². The number of allylic oxidation sites excluding steroid dienone is 6. The maximum absolute atomic E-state index is 13.2. The van der Waals surface area contributed by atoms with E-state index < -0.39 is 5.92 Å². The predicted octanol–water partition coefficient (Wildman–Crippen LogP) is 2.23. The van der Waals surface area contributed by atoms with E-state index in [1.54, 1.807) is 0 Å². The van der Waals surface area contributed by atoms with Gasteiger partial charge in [-0.15, -0.1) is 0 Å². The lowest BCUT2D eigenvalue weighted by Crippen LogP contribution is -2.61. The molecule has 1 aromatic heterocycles. The van der Waals surface area contributed by atoms with Crippen LogP contribution in [-0.2, 0) is 9.59 Å². The molecule has 0 saturated carbocycles. The number of carbonyl (C=O) groups excluding carboxylic acids is 2. The first kappa shape index (κ1) is 22.9. The van der Waals surface area contributed by atoms with Crippen molar-refractivity contribution in [2.75, 3.05) is 6.54 Å². The summed E-state index contributed by atoms with van der Waals surface area (Å²) in [6.45, 7) is 10.4. The Bertz CT molecular complexity index is 1150. The molecule has 0 bridgehead atoms. The van der Waals surface area contributed by atoms with Crippen LogP contribution < -0.4 is 21.2 Å². The van der Waals surface area contributed by atoms with Crippen LogP contribution in [-0.4, -0.2) is 40.3 Å². The van der Waals surface area contributed by atoms with Crippen molar-refractivity contribution in [2.24, 2.45) is 11.8 Å². The van der Waals surface area contributed by atoms with Crippen molar-refractivity contribution in [1.82, 2.24) is 20.5 Å². The van der Waals surface area contributed by atoms with Gasteiger partial charge < -0.3 is 20.5 Å². The number of nitrogens with zero attached hydrogens (tertiary/aromatic N) is 1. The van der Waals surface area contributed by atoms with Gasteiger partial charge in [0, 0.05) is 29.8 Å². The molecule has 6 nitrogen and oxygen atoms in total. The molecule has 4 rings (SSSR count). The third kappa shape index (κ3) is 4.90. The summed E-state index contributed by atoms with van der Waals surface area (Å²) in [6.07, 6.45) is 16.8. The molecule has 3 N–H and O–H groups in total. The van der Waals surface area contributed by atoms with Gasteiger partial charge in [0.2, 0.25) is 5.91 Å². The molecule has 1 amide bonds. The first-order valence-corrected chi connectivity index (χ1v) is 11.8. The van der Waals surface area contributed by atoms with Crippen LogP contribution in [0.5, 0.6) is 0 Å². The highest BCUT2D eigenvalue weighted by atomic mass is 16.2. The van der Waals surface area contributed by atoms with Crippen LogP contribution in [0.3, 0.4) is 0 Å². The van der Waals surface area contributed by atoms with Crippen molar-refractivity contribution in [3.63, 3.8) is 0 Å². The molecule has 3 heterocycles. The number of H-pyrrole nitrogens is 1. The molecule has 6 heteroatoms. The number of Topliss-reactive ketones (excluding diaryl/α,β-unsaturated/α-hetero) is 1.